The maximum atomic E-state index is 13.0. The Kier molecular flexibility index (Phi) is 3.15. The van der Waals surface area contributed by atoms with Crippen molar-refractivity contribution in [1.82, 2.24) is 14.8 Å². The van der Waals surface area contributed by atoms with E-state index in [1.54, 1.807) is 28.9 Å². The van der Waals surface area contributed by atoms with E-state index in [0.29, 0.717) is 17.1 Å². The number of hydrogen-bond donors (Lipinski definition) is 0. The fraction of sp³-hybridized carbons (Fsp3) is 0. The highest BCUT2D eigenvalue weighted by atomic mass is 19.1. The van der Waals surface area contributed by atoms with Gasteiger partial charge in [0.2, 0.25) is 0 Å². The predicted octanol–water partition coefficient (Wildman–Crippen LogP) is 2.98. The molecule has 0 unspecified atom stereocenters. The molecule has 0 fully saturated rings. The Labute approximate surface area is 118 Å². The van der Waals surface area contributed by atoms with Gasteiger partial charge < -0.3 is 0 Å². The fourth-order valence-electron chi connectivity index (χ4n) is 1.94. The molecule has 3 aromatic rings. The third-order valence-corrected chi connectivity index (χ3v) is 2.96. The van der Waals surface area contributed by atoms with Crippen LogP contribution in [0.5, 0.6) is 0 Å². The van der Waals surface area contributed by atoms with Crippen molar-refractivity contribution < 1.29 is 9.31 Å². The lowest BCUT2D eigenvalue weighted by Crippen LogP contribution is -1.99. The van der Waals surface area contributed by atoms with Gasteiger partial charge in [0.05, 0.1) is 10.6 Å². The minimum atomic E-state index is -0.464. The Morgan fingerprint density at radius 1 is 1.05 bits per heavy atom. The van der Waals surface area contributed by atoms with Gasteiger partial charge in [-0.25, -0.2) is 14.1 Å². The van der Waals surface area contributed by atoms with Crippen molar-refractivity contribution in [3.8, 4) is 17.1 Å². The Morgan fingerprint density at radius 2 is 1.71 bits per heavy atom. The number of nitro benzene ring substituents is 1. The van der Waals surface area contributed by atoms with Gasteiger partial charge in [-0.05, 0) is 36.4 Å². The third kappa shape index (κ3) is 2.48. The summed E-state index contributed by atoms with van der Waals surface area (Å²) in [5.74, 6) is 0.187. The van der Waals surface area contributed by atoms with Gasteiger partial charge >= 0.3 is 0 Å². The van der Waals surface area contributed by atoms with Gasteiger partial charge in [0, 0.05) is 17.7 Å². The summed E-state index contributed by atoms with van der Waals surface area (Å²) < 4.78 is 14.5. The van der Waals surface area contributed by atoms with Crippen LogP contribution >= 0.6 is 0 Å². The molecule has 6 nitrogen and oxygen atoms in total. The summed E-state index contributed by atoms with van der Waals surface area (Å²) in [5.41, 5.74) is 1.34. The average molecular weight is 284 g/mol. The number of halogens is 1. The van der Waals surface area contributed by atoms with Crippen LogP contribution in [0.15, 0.2) is 54.9 Å². The van der Waals surface area contributed by atoms with E-state index in [0.717, 1.165) is 0 Å². The van der Waals surface area contributed by atoms with Crippen LogP contribution in [0.4, 0.5) is 10.1 Å². The molecule has 21 heavy (non-hydrogen) atoms. The monoisotopic (exact) mass is 284 g/mol. The van der Waals surface area contributed by atoms with E-state index < -0.39 is 4.92 Å². The summed E-state index contributed by atoms with van der Waals surface area (Å²) in [7, 11) is 0. The first-order valence-electron chi connectivity index (χ1n) is 6.06. The quantitative estimate of drug-likeness (QED) is 0.547. The van der Waals surface area contributed by atoms with Crippen LogP contribution in [0.3, 0.4) is 0 Å². The highest BCUT2D eigenvalue weighted by Gasteiger charge is 2.11. The molecule has 0 aliphatic carbocycles. The predicted molar refractivity (Wildman–Crippen MR) is 73.4 cm³/mol. The van der Waals surface area contributed by atoms with Gasteiger partial charge in [-0.15, -0.1) is 0 Å². The Bertz CT molecular complexity index is 781. The number of benzene rings is 2. The average Bonchev–Trinajstić information content (AvgIpc) is 2.97. The Hall–Kier alpha value is -3.09. The van der Waals surface area contributed by atoms with E-state index in [1.165, 1.54) is 30.6 Å². The van der Waals surface area contributed by atoms with Gasteiger partial charge in [-0.1, -0.05) is 0 Å². The van der Waals surface area contributed by atoms with Gasteiger partial charge in [0.15, 0.2) is 5.82 Å². The molecule has 0 saturated carbocycles. The van der Waals surface area contributed by atoms with E-state index in [2.05, 4.69) is 10.1 Å². The molecular weight excluding hydrogens is 275 g/mol. The zero-order chi connectivity index (χ0) is 14.8. The molecule has 1 aromatic heterocycles. The summed E-state index contributed by atoms with van der Waals surface area (Å²) in [5, 5.41) is 14.8. The largest absolute Gasteiger partial charge is 0.269 e. The molecule has 0 bridgehead atoms. The summed E-state index contributed by atoms with van der Waals surface area (Å²) >= 11 is 0. The second-order valence-corrected chi connectivity index (χ2v) is 4.28. The Balaban J connectivity index is 2.02. The lowest BCUT2D eigenvalue weighted by molar-refractivity contribution is -0.384. The molecule has 0 aliphatic heterocycles. The zero-order valence-corrected chi connectivity index (χ0v) is 10.7. The van der Waals surface area contributed by atoms with E-state index in [4.69, 9.17) is 0 Å². The minimum Gasteiger partial charge on any atom is -0.258 e. The van der Waals surface area contributed by atoms with Crippen molar-refractivity contribution in [2.24, 2.45) is 0 Å². The first-order chi connectivity index (χ1) is 10.1. The van der Waals surface area contributed by atoms with Crippen molar-refractivity contribution in [2.75, 3.05) is 0 Å². The topological polar surface area (TPSA) is 73.8 Å². The molecule has 0 amide bonds. The number of non-ortho nitro benzene ring substituents is 1. The SMILES string of the molecule is O=[N+]([O-])c1ccc(-c2ncnn2-c2ccc(F)cc2)cc1. The minimum absolute atomic E-state index is 0.00611. The van der Waals surface area contributed by atoms with Crippen LogP contribution in [0.2, 0.25) is 0 Å². The smallest absolute Gasteiger partial charge is 0.258 e. The number of rotatable bonds is 3. The van der Waals surface area contributed by atoms with E-state index in [1.807, 2.05) is 0 Å². The van der Waals surface area contributed by atoms with E-state index in [-0.39, 0.29) is 11.5 Å². The van der Waals surface area contributed by atoms with Crippen LogP contribution in [-0.2, 0) is 0 Å². The van der Waals surface area contributed by atoms with Crippen LogP contribution < -0.4 is 0 Å². The lowest BCUT2D eigenvalue weighted by atomic mass is 10.2. The van der Waals surface area contributed by atoms with Gasteiger partial charge in [-0.3, -0.25) is 10.1 Å². The van der Waals surface area contributed by atoms with Crippen LogP contribution in [0.25, 0.3) is 17.1 Å². The molecule has 3 rings (SSSR count). The first kappa shape index (κ1) is 12.9. The first-order valence-corrected chi connectivity index (χ1v) is 6.06. The van der Waals surface area contributed by atoms with Crippen molar-refractivity contribution in [3.05, 3.63) is 70.8 Å². The van der Waals surface area contributed by atoms with Crippen LogP contribution in [0, 0.1) is 15.9 Å². The normalized spacial score (nSPS) is 10.5. The highest BCUT2D eigenvalue weighted by Crippen LogP contribution is 2.22. The standard InChI is InChI=1S/C14H9FN4O2/c15-11-3-7-12(8-4-11)18-14(16-9-17-18)10-1-5-13(6-2-10)19(20)21/h1-9H. The molecule has 0 spiro atoms. The molecule has 1 heterocycles. The number of nitro groups is 1. The number of hydrogen-bond acceptors (Lipinski definition) is 4. The van der Waals surface area contributed by atoms with Crippen molar-refractivity contribution in [2.45, 2.75) is 0 Å². The van der Waals surface area contributed by atoms with Gasteiger partial charge in [0.1, 0.15) is 12.1 Å². The summed E-state index contributed by atoms with van der Waals surface area (Å²) in [4.78, 5) is 14.3. The summed E-state index contributed by atoms with van der Waals surface area (Å²) in [6.45, 7) is 0. The molecule has 104 valence electrons. The van der Waals surface area contributed by atoms with E-state index in [9.17, 15) is 14.5 Å². The molecule has 7 heteroatoms. The third-order valence-electron chi connectivity index (χ3n) is 2.96. The van der Waals surface area contributed by atoms with Crippen molar-refractivity contribution >= 4 is 5.69 Å². The molecule has 0 aliphatic rings. The van der Waals surface area contributed by atoms with Gasteiger partial charge in [0.25, 0.3) is 5.69 Å². The second kappa shape index (κ2) is 5.12. The summed E-state index contributed by atoms with van der Waals surface area (Å²) in [6, 6.07) is 11.8. The molecule has 0 atom stereocenters. The van der Waals surface area contributed by atoms with Crippen molar-refractivity contribution in [1.29, 1.82) is 0 Å². The second-order valence-electron chi connectivity index (χ2n) is 4.28. The molecule has 0 N–H and O–H groups in total. The Morgan fingerprint density at radius 3 is 2.33 bits per heavy atom. The zero-order valence-electron chi connectivity index (χ0n) is 10.7. The number of nitrogens with zero attached hydrogens (tertiary/aromatic N) is 4. The fourth-order valence-corrected chi connectivity index (χ4v) is 1.94. The highest BCUT2D eigenvalue weighted by molar-refractivity contribution is 5.59. The van der Waals surface area contributed by atoms with Gasteiger partial charge in [-0.2, -0.15) is 5.10 Å². The molecule has 0 radical (unpaired) electrons. The summed E-state index contributed by atoms with van der Waals surface area (Å²) in [6.07, 6.45) is 1.38. The van der Waals surface area contributed by atoms with Crippen molar-refractivity contribution in [3.63, 3.8) is 0 Å². The molecular formula is C14H9FN4O2. The maximum absolute atomic E-state index is 13.0. The molecule has 0 saturated heterocycles. The maximum Gasteiger partial charge on any atom is 0.269 e. The number of aromatic nitrogens is 3. The van der Waals surface area contributed by atoms with E-state index >= 15 is 0 Å². The lowest BCUT2D eigenvalue weighted by Gasteiger charge is -2.05. The van der Waals surface area contributed by atoms with Crippen LogP contribution in [0.1, 0.15) is 0 Å². The molecule has 2 aromatic carbocycles. The van der Waals surface area contributed by atoms with Crippen LogP contribution in [-0.4, -0.2) is 19.7 Å².